The zero-order valence-electron chi connectivity index (χ0n) is 21.6. The Morgan fingerprint density at radius 2 is 1.84 bits per heavy atom. The molecule has 4 saturated carbocycles. The van der Waals surface area contributed by atoms with Crippen LogP contribution in [0.1, 0.15) is 86.0 Å². The molecule has 2 heterocycles. The molecular weight excluding hydrogens is 498 g/mol. The van der Waals surface area contributed by atoms with Gasteiger partial charge in [0, 0.05) is 17.8 Å². The van der Waals surface area contributed by atoms with Gasteiger partial charge in [-0.2, -0.15) is 5.26 Å². The number of carbonyl (C=O) groups excluding carboxylic acids is 1. The number of hydrogen-bond acceptors (Lipinski definition) is 6. The average molecular weight is 536 g/mol. The maximum Gasteiger partial charge on any atom is 0.235 e. The van der Waals surface area contributed by atoms with Crippen molar-refractivity contribution in [3.05, 3.63) is 34.5 Å². The molecule has 1 amide bonds. The van der Waals surface area contributed by atoms with E-state index in [2.05, 4.69) is 32.7 Å². The van der Waals surface area contributed by atoms with E-state index in [0.29, 0.717) is 17.5 Å². The Morgan fingerprint density at radius 1 is 1.14 bits per heavy atom. The van der Waals surface area contributed by atoms with Gasteiger partial charge in [-0.3, -0.25) is 4.79 Å². The number of amides is 1. The fourth-order valence-corrected chi connectivity index (χ4v) is 10.2. The normalized spacial score (nSPS) is 28.2. The number of hydrogen-bond donors (Lipinski definition) is 1. The molecule has 4 fully saturated rings. The highest BCUT2D eigenvalue weighted by atomic mass is 32.2. The van der Waals surface area contributed by atoms with E-state index < -0.39 is 0 Å². The van der Waals surface area contributed by atoms with Gasteiger partial charge >= 0.3 is 0 Å². The fraction of sp³-hybridized carbons (Fsp3) is 0.655. The second-order valence-electron chi connectivity index (χ2n) is 12.0. The molecule has 4 bridgehead atoms. The third kappa shape index (κ3) is 5.14. The Bertz CT molecular complexity index is 1190. The summed E-state index contributed by atoms with van der Waals surface area (Å²) in [6.45, 7) is 4.63. The summed E-state index contributed by atoms with van der Waals surface area (Å²) >= 11 is 3.03. The predicted molar refractivity (Wildman–Crippen MR) is 149 cm³/mol. The van der Waals surface area contributed by atoms with Crippen molar-refractivity contribution in [3.8, 4) is 6.07 Å². The largest absolute Gasteiger partial charge is 0.316 e. The van der Waals surface area contributed by atoms with E-state index >= 15 is 0 Å². The number of nitrogens with zero attached hydrogens (tertiary/aromatic N) is 4. The minimum absolute atomic E-state index is 0.0912. The molecule has 0 spiro atoms. The summed E-state index contributed by atoms with van der Waals surface area (Å²) in [6, 6.07) is 2.37. The number of aromatic nitrogens is 3. The molecule has 8 heteroatoms. The van der Waals surface area contributed by atoms with Crippen LogP contribution in [0.3, 0.4) is 0 Å². The van der Waals surface area contributed by atoms with Crippen molar-refractivity contribution in [1.82, 2.24) is 14.8 Å². The molecule has 2 aromatic rings. The summed E-state index contributed by atoms with van der Waals surface area (Å²) in [5.74, 6) is 3.94. The lowest BCUT2D eigenvalue weighted by Crippen LogP contribution is -2.47. The molecule has 37 heavy (non-hydrogen) atoms. The summed E-state index contributed by atoms with van der Waals surface area (Å²) in [6.07, 6.45) is 17.9. The molecule has 0 unspecified atom stereocenters. The molecule has 0 aliphatic heterocycles. The molecule has 7 rings (SSSR count). The van der Waals surface area contributed by atoms with Gasteiger partial charge in [0.05, 0.1) is 11.3 Å². The average Bonchev–Trinajstić information content (AvgIpc) is 3.36. The van der Waals surface area contributed by atoms with E-state index in [1.807, 2.05) is 6.08 Å². The molecule has 5 aliphatic rings. The van der Waals surface area contributed by atoms with Crippen LogP contribution in [0.4, 0.5) is 5.00 Å². The second-order valence-corrected chi connectivity index (χ2v) is 14.0. The minimum atomic E-state index is -0.0912. The van der Waals surface area contributed by atoms with E-state index in [1.54, 1.807) is 11.3 Å². The summed E-state index contributed by atoms with van der Waals surface area (Å²) in [4.78, 5) is 14.2. The van der Waals surface area contributed by atoms with Crippen molar-refractivity contribution in [2.75, 3.05) is 11.1 Å². The summed E-state index contributed by atoms with van der Waals surface area (Å²) in [5, 5.41) is 23.5. The van der Waals surface area contributed by atoms with Crippen LogP contribution in [0.2, 0.25) is 0 Å². The summed E-state index contributed by atoms with van der Waals surface area (Å²) in [5.41, 5.74) is 2.23. The van der Waals surface area contributed by atoms with Gasteiger partial charge in [0.25, 0.3) is 0 Å². The zero-order valence-corrected chi connectivity index (χ0v) is 23.3. The first kappa shape index (κ1) is 25.2. The van der Waals surface area contributed by atoms with Crippen molar-refractivity contribution in [3.63, 3.8) is 0 Å². The van der Waals surface area contributed by atoms with Crippen LogP contribution in [-0.2, 0) is 30.6 Å². The molecule has 1 N–H and O–H groups in total. The molecule has 0 radical (unpaired) electrons. The minimum Gasteiger partial charge on any atom is -0.316 e. The monoisotopic (exact) mass is 535 g/mol. The van der Waals surface area contributed by atoms with Crippen LogP contribution < -0.4 is 5.32 Å². The van der Waals surface area contributed by atoms with Gasteiger partial charge in [0.15, 0.2) is 5.16 Å². The highest BCUT2D eigenvalue weighted by Crippen LogP contribution is 2.61. The Labute approximate surface area is 228 Å². The number of aryl methyl sites for hydroxylation is 1. The topological polar surface area (TPSA) is 83.6 Å². The Morgan fingerprint density at radius 3 is 2.51 bits per heavy atom. The molecule has 2 aromatic heterocycles. The van der Waals surface area contributed by atoms with Crippen molar-refractivity contribution in [2.24, 2.45) is 23.2 Å². The lowest BCUT2D eigenvalue weighted by Gasteiger charge is -2.56. The maximum atomic E-state index is 13.0. The van der Waals surface area contributed by atoms with E-state index in [1.165, 1.54) is 68.0 Å². The molecule has 0 atom stereocenters. The Hall–Kier alpha value is -2.11. The third-order valence-corrected chi connectivity index (χ3v) is 11.3. The van der Waals surface area contributed by atoms with Crippen LogP contribution in [0.5, 0.6) is 0 Å². The van der Waals surface area contributed by atoms with Gasteiger partial charge in [0.1, 0.15) is 16.9 Å². The van der Waals surface area contributed by atoms with Gasteiger partial charge in [-0.1, -0.05) is 30.7 Å². The highest BCUT2D eigenvalue weighted by Gasteiger charge is 2.51. The van der Waals surface area contributed by atoms with Crippen LogP contribution in [-0.4, -0.2) is 26.4 Å². The number of carbonyl (C=O) groups is 1. The Balaban J connectivity index is 1.13. The number of nitrogens with one attached hydrogen (secondary N) is 1. The van der Waals surface area contributed by atoms with Crippen LogP contribution >= 0.6 is 23.1 Å². The first-order valence-electron chi connectivity index (χ1n) is 14.1. The maximum absolute atomic E-state index is 13.0. The summed E-state index contributed by atoms with van der Waals surface area (Å²) < 4.78 is 2.17. The number of allylic oxidation sites excluding steroid dienone is 1. The number of fused-ring (bicyclic) bond motifs is 1. The van der Waals surface area contributed by atoms with Gasteiger partial charge in [-0.05, 0) is 92.9 Å². The quantitative estimate of drug-likeness (QED) is 0.306. The van der Waals surface area contributed by atoms with Gasteiger partial charge in [0.2, 0.25) is 5.91 Å². The van der Waals surface area contributed by atoms with Crippen molar-refractivity contribution in [2.45, 2.75) is 95.2 Å². The van der Waals surface area contributed by atoms with Crippen molar-refractivity contribution < 1.29 is 4.79 Å². The SMILES string of the molecule is C=CCn1c(CC23CC4CC(CC(C4)C2)C3)nnc1SCC(=O)Nc1sc2c(c1C#N)CCCCCC2. The lowest BCUT2D eigenvalue weighted by atomic mass is 9.49. The molecule has 0 aromatic carbocycles. The van der Waals surface area contributed by atoms with E-state index in [9.17, 15) is 10.1 Å². The van der Waals surface area contributed by atoms with Crippen LogP contribution in [0.25, 0.3) is 0 Å². The van der Waals surface area contributed by atoms with Gasteiger partial charge in [-0.15, -0.1) is 28.1 Å². The predicted octanol–water partition coefficient (Wildman–Crippen LogP) is 6.55. The number of nitriles is 1. The number of thioether (sulfide) groups is 1. The second kappa shape index (κ2) is 10.6. The standard InChI is InChI=1S/C29H37N5OS2/c1-2-9-34-25(16-29-13-19-10-20(14-29)12-21(11-19)15-29)32-33-28(34)36-18-26(35)31-27-23(17-30)22-7-5-3-4-6-8-24(22)37-27/h2,19-21H,1,3-16,18H2,(H,31,35). The van der Waals surface area contributed by atoms with E-state index in [-0.39, 0.29) is 11.7 Å². The highest BCUT2D eigenvalue weighted by molar-refractivity contribution is 7.99. The zero-order chi connectivity index (χ0) is 25.4. The first-order chi connectivity index (χ1) is 18.1. The van der Waals surface area contributed by atoms with Crippen molar-refractivity contribution >= 4 is 34.0 Å². The summed E-state index contributed by atoms with van der Waals surface area (Å²) in [7, 11) is 0. The van der Waals surface area contributed by atoms with E-state index in [4.69, 9.17) is 0 Å². The lowest BCUT2D eigenvalue weighted by molar-refractivity contribution is -0.113. The van der Waals surface area contributed by atoms with E-state index in [0.717, 1.165) is 71.4 Å². The van der Waals surface area contributed by atoms with Crippen LogP contribution in [0.15, 0.2) is 17.8 Å². The molecule has 6 nitrogen and oxygen atoms in total. The smallest absolute Gasteiger partial charge is 0.235 e. The van der Waals surface area contributed by atoms with Crippen LogP contribution in [0, 0.1) is 34.5 Å². The Kier molecular flexibility index (Phi) is 7.19. The molecular formula is C29H37N5OS2. The number of rotatable bonds is 8. The molecule has 5 aliphatic carbocycles. The molecule has 196 valence electrons. The van der Waals surface area contributed by atoms with Gasteiger partial charge < -0.3 is 9.88 Å². The number of anilines is 1. The number of thiophene rings is 1. The first-order valence-corrected chi connectivity index (χ1v) is 15.9. The van der Waals surface area contributed by atoms with Crippen molar-refractivity contribution in [1.29, 1.82) is 5.26 Å². The third-order valence-electron chi connectivity index (χ3n) is 9.17. The fourth-order valence-electron chi connectivity index (χ4n) is 8.13. The molecule has 0 saturated heterocycles. The van der Waals surface area contributed by atoms with Gasteiger partial charge in [-0.25, -0.2) is 0 Å².